The highest BCUT2D eigenvalue weighted by Gasteiger charge is 2.36. The summed E-state index contributed by atoms with van der Waals surface area (Å²) in [5.74, 6) is -1.06. The molecular formula is C19H18F3N3O3. The molecule has 0 bridgehead atoms. The Hall–Kier alpha value is -3.10. The van der Waals surface area contributed by atoms with Gasteiger partial charge in [-0.3, -0.25) is 14.4 Å². The third-order valence-electron chi connectivity index (χ3n) is 4.67. The molecule has 0 atom stereocenters. The van der Waals surface area contributed by atoms with E-state index in [4.69, 9.17) is 0 Å². The van der Waals surface area contributed by atoms with Crippen LogP contribution in [0, 0.1) is 0 Å². The topological polar surface area (TPSA) is 62.6 Å². The predicted molar refractivity (Wildman–Crippen MR) is 94.9 cm³/mol. The summed E-state index contributed by atoms with van der Waals surface area (Å²) in [6, 6.07) is 7.42. The monoisotopic (exact) mass is 393 g/mol. The van der Waals surface area contributed by atoms with Crippen LogP contribution >= 0.6 is 0 Å². The average Bonchev–Trinajstić information content (AvgIpc) is 2.68. The van der Waals surface area contributed by atoms with Gasteiger partial charge in [-0.05, 0) is 18.2 Å². The number of benzene rings is 1. The second-order valence-electron chi connectivity index (χ2n) is 6.49. The van der Waals surface area contributed by atoms with Crippen LogP contribution in [0.5, 0.6) is 0 Å². The summed E-state index contributed by atoms with van der Waals surface area (Å²) in [7, 11) is 1.57. The summed E-state index contributed by atoms with van der Waals surface area (Å²) in [6.45, 7) is 0.575. The van der Waals surface area contributed by atoms with E-state index < -0.39 is 23.2 Å². The molecule has 0 radical (unpaired) electrons. The molecule has 0 unspecified atom stereocenters. The normalized spacial score (nSPS) is 14.9. The fourth-order valence-corrected chi connectivity index (χ4v) is 3.06. The average molecular weight is 393 g/mol. The minimum Gasteiger partial charge on any atom is -0.335 e. The van der Waals surface area contributed by atoms with Crippen molar-refractivity contribution in [1.82, 2.24) is 14.4 Å². The van der Waals surface area contributed by atoms with E-state index >= 15 is 0 Å². The number of hydrogen-bond acceptors (Lipinski definition) is 3. The van der Waals surface area contributed by atoms with Gasteiger partial charge in [-0.1, -0.05) is 12.1 Å². The van der Waals surface area contributed by atoms with Gasteiger partial charge < -0.3 is 14.4 Å². The van der Waals surface area contributed by atoms with Gasteiger partial charge in [0.25, 0.3) is 17.4 Å². The molecule has 0 aliphatic carbocycles. The third kappa shape index (κ3) is 3.92. The van der Waals surface area contributed by atoms with Crippen LogP contribution < -0.4 is 5.56 Å². The zero-order valence-electron chi connectivity index (χ0n) is 15.1. The molecule has 1 aromatic heterocycles. The van der Waals surface area contributed by atoms with Crippen LogP contribution in [0.25, 0.3) is 0 Å². The Morgan fingerprint density at radius 1 is 0.929 bits per heavy atom. The summed E-state index contributed by atoms with van der Waals surface area (Å²) < 4.78 is 40.8. The van der Waals surface area contributed by atoms with E-state index in [0.29, 0.717) is 0 Å². The van der Waals surface area contributed by atoms with Gasteiger partial charge >= 0.3 is 6.18 Å². The molecule has 2 aromatic rings. The van der Waals surface area contributed by atoms with Crippen molar-refractivity contribution in [3.8, 4) is 0 Å². The Labute approximate surface area is 158 Å². The Kier molecular flexibility index (Phi) is 5.26. The number of carbonyl (C=O) groups excluding carboxylic acids is 2. The smallest absolute Gasteiger partial charge is 0.335 e. The SMILES string of the molecule is Cn1ccc(C(=O)N2CCN(C(=O)c3ccccc3C(F)(F)F)CC2)cc1=O. The first-order chi connectivity index (χ1) is 13.2. The van der Waals surface area contributed by atoms with Crippen LogP contribution in [-0.2, 0) is 13.2 Å². The number of aromatic nitrogens is 1. The first-order valence-corrected chi connectivity index (χ1v) is 8.60. The lowest BCUT2D eigenvalue weighted by Crippen LogP contribution is -2.51. The number of rotatable bonds is 2. The summed E-state index contributed by atoms with van der Waals surface area (Å²) in [4.78, 5) is 39.6. The molecular weight excluding hydrogens is 375 g/mol. The number of halogens is 3. The molecule has 1 aliphatic rings. The van der Waals surface area contributed by atoms with Crippen LogP contribution in [0.1, 0.15) is 26.3 Å². The fourth-order valence-electron chi connectivity index (χ4n) is 3.06. The van der Waals surface area contributed by atoms with Crippen LogP contribution in [0.2, 0.25) is 0 Å². The second kappa shape index (κ2) is 7.49. The molecule has 2 heterocycles. The van der Waals surface area contributed by atoms with Crippen molar-refractivity contribution in [3.63, 3.8) is 0 Å². The van der Waals surface area contributed by atoms with E-state index in [-0.39, 0.29) is 43.2 Å². The van der Waals surface area contributed by atoms with Crippen LogP contribution in [-0.4, -0.2) is 52.4 Å². The lowest BCUT2D eigenvalue weighted by Gasteiger charge is -2.35. The minimum atomic E-state index is -4.62. The van der Waals surface area contributed by atoms with E-state index in [1.165, 1.54) is 44.8 Å². The highest BCUT2D eigenvalue weighted by atomic mass is 19.4. The van der Waals surface area contributed by atoms with Crippen molar-refractivity contribution in [2.24, 2.45) is 7.05 Å². The molecule has 28 heavy (non-hydrogen) atoms. The summed E-state index contributed by atoms with van der Waals surface area (Å²) >= 11 is 0. The zero-order valence-corrected chi connectivity index (χ0v) is 15.1. The Balaban J connectivity index is 1.70. The Morgan fingerprint density at radius 2 is 1.50 bits per heavy atom. The van der Waals surface area contributed by atoms with Crippen molar-refractivity contribution < 1.29 is 22.8 Å². The molecule has 9 heteroatoms. The minimum absolute atomic E-state index is 0.113. The van der Waals surface area contributed by atoms with Gasteiger partial charge in [0.1, 0.15) is 0 Å². The molecule has 6 nitrogen and oxygen atoms in total. The second-order valence-corrected chi connectivity index (χ2v) is 6.49. The van der Waals surface area contributed by atoms with E-state index in [2.05, 4.69) is 0 Å². The van der Waals surface area contributed by atoms with Crippen molar-refractivity contribution >= 4 is 11.8 Å². The van der Waals surface area contributed by atoms with Crippen molar-refractivity contribution in [3.05, 3.63) is 69.6 Å². The number of amides is 2. The Bertz CT molecular complexity index is 961. The van der Waals surface area contributed by atoms with E-state index in [9.17, 15) is 27.6 Å². The fraction of sp³-hybridized carbons (Fsp3) is 0.316. The van der Waals surface area contributed by atoms with Gasteiger partial charge in [-0.15, -0.1) is 0 Å². The van der Waals surface area contributed by atoms with Gasteiger partial charge in [-0.2, -0.15) is 13.2 Å². The summed E-state index contributed by atoms with van der Waals surface area (Å²) in [6.07, 6.45) is -3.13. The van der Waals surface area contributed by atoms with Gasteiger partial charge in [0, 0.05) is 51.1 Å². The summed E-state index contributed by atoms with van der Waals surface area (Å²) in [5, 5.41) is 0. The molecule has 0 spiro atoms. The van der Waals surface area contributed by atoms with Gasteiger partial charge in [0.05, 0.1) is 11.1 Å². The largest absolute Gasteiger partial charge is 0.417 e. The van der Waals surface area contributed by atoms with Gasteiger partial charge in [0.2, 0.25) is 0 Å². The molecule has 1 saturated heterocycles. The molecule has 1 fully saturated rings. The lowest BCUT2D eigenvalue weighted by molar-refractivity contribution is -0.138. The molecule has 1 aliphatic heterocycles. The molecule has 2 amide bonds. The Morgan fingerprint density at radius 3 is 2.07 bits per heavy atom. The number of pyridine rings is 1. The number of nitrogens with zero attached hydrogens (tertiary/aromatic N) is 3. The highest BCUT2D eigenvalue weighted by Crippen LogP contribution is 2.32. The molecule has 0 N–H and O–H groups in total. The first kappa shape index (κ1) is 19.7. The van der Waals surface area contributed by atoms with E-state index in [1.807, 2.05) is 0 Å². The van der Waals surface area contributed by atoms with Gasteiger partial charge in [-0.25, -0.2) is 0 Å². The van der Waals surface area contributed by atoms with E-state index in [0.717, 1.165) is 12.1 Å². The molecule has 1 aromatic carbocycles. The van der Waals surface area contributed by atoms with Crippen molar-refractivity contribution in [2.75, 3.05) is 26.2 Å². The molecule has 148 valence electrons. The molecule has 3 rings (SSSR count). The summed E-state index contributed by atoms with van der Waals surface area (Å²) in [5.41, 5.74) is -1.45. The predicted octanol–water partition coefficient (Wildman–Crippen LogP) is 2.00. The molecule has 0 saturated carbocycles. The van der Waals surface area contributed by atoms with Crippen LogP contribution in [0.4, 0.5) is 13.2 Å². The first-order valence-electron chi connectivity index (χ1n) is 8.60. The van der Waals surface area contributed by atoms with Crippen molar-refractivity contribution in [1.29, 1.82) is 0 Å². The maximum absolute atomic E-state index is 13.1. The number of carbonyl (C=O) groups is 2. The number of piperazine rings is 1. The third-order valence-corrected chi connectivity index (χ3v) is 4.67. The number of alkyl halides is 3. The van der Waals surface area contributed by atoms with Gasteiger partial charge in [0.15, 0.2) is 0 Å². The zero-order chi connectivity index (χ0) is 20.5. The lowest BCUT2D eigenvalue weighted by atomic mass is 10.1. The van der Waals surface area contributed by atoms with Crippen LogP contribution in [0.15, 0.2) is 47.4 Å². The maximum Gasteiger partial charge on any atom is 0.417 e. The highest BCUT2D eigenvalue weighted by molar-refractivity contribution is 5.97. The number of aryl methyl sites for hydroxylation is 1. The quantitative estimate of drug-likeness (QED) is 0.784. The number of hydrogen-bond donors (Lipinski definition) is 0. The maximum atomic E-state index is 13.1. The standard InChI is InChI=1S/C19H18F3N3O3/c1-23-7-6-13(12-16(23)26)17(27)24-8-10-25(11-9-24)18(28)14-4-2-3-5-15(14)19(20,21)22/h2-7,12H,8-11H2,1H3. The van der Waals surface area contributed by atoms with E-state index in [1.54, 1.807) is 7.05 Å². The van der Waals surface area contributed by atoms with Crippen molar-refractivity contribution in [2.45, 2.75) is 6.18 Å². The van der Waals surface area contributed by atoms with Crippen LogP contribution in [0.3, 0.4) is 0 Å².